The first kappa shape index (κ1) is 19.0. The summed E-state index contributed by atoms with van der Waals surface area (Å²) in [5.74, 6) is -1.42. The molecule has 3 aliphatic rings. The van der Waals surface area contributed by atoms with Gasteiger partial charge in [0.15, 0.2) is 16.2 Å². The Morgan fingerprint density at radius 2 is 1.93 bits per heavy atom. The van der Waals surface area contributed by atoms with Crippen molar-refractivity contribution in [3.8, 4) is 5.75 Å². The average molecular weight is 472 g/mol. The number of amides is 3. The first-order valence-electron chi connectivity index (χ1n) is 9.68. The van der Waals surface area contributed by atoms with Crippen molar-refractivity contribution in [2.24, 2.45) is 23.7 Å². The van der Waals surface area contributed by atoms with Crippen LogP contribution in [0, 0.1) is 23.7 Å². The molecule has 0 spiro atoms. The minimum atomic E-state index is -0.882. The summed E-state index contributed by atoms with van der Waals surface area (Å²) in [4.78, 5) is 44.3. The van der Waals surface area contributed by atoms with Gasteiger partial charge in [0.1, 0.15) is 11.8 Å². The van der Waals surface area contributed by atoms with Crippen molar-refractivity contribution in [2.75, 3.05) is 5.32 Å². The summed E-state index contributed by atoms with van der Waals surface area (Å²) < 4.78 is 6.07. The SMILES string of the molecule is O=C(CC(c1ccc(Br)o1)N1C(=O)C2C3C=CC(C3)C2C1=O)Nc1ncccc1O. The van der Waals surface area contributed by atoms with Gasteiger partial charge in [0.2, 0.25) is 17.7 Å². The van der Waals surface area contributed by atoms with Crippen LogP contribution in [0.15, 0.2) is 51.7 Å². The molecule has 5 rings (SSSR count). The summed E-state index contributed by atoms with van der Waals surface area (Å²) >= 11 is 3.24. The second kappa shape index (κ2) is 7.09. The molecule has 2 aromatic heterocycles. The number of nitrogens with zero attached hydrogens (tertiary/aromatic N) is 2. The van der Waals surface area contributed by atoms with Gasteiger partial charge in [-0.3, -0.25) is 19.3 Å². The summed E-state index contributed by atoms with van der Waals surface area (Å²) in [5.41, 5.74) is 0. The van der Waals surface area contributed by atoms with E-state index in [4.69, 9.17) is 4.42 Å². The number of allylic oxidation sites excluding steroid dienone is 2. The number of imide groups is 1. The number of aromatic nitrogens is 1. The minimum Gasteiger partial charge on any atom is -0.504 e. The van der Waals surface area contributed by atoms with Gasteiger partial charge < -0.3 is 14.8 Å². The molecule has 5 atom stereocenters. The Hall–Kier alpha value is -2.94. The van der Waals surface area contributed by atoms with E-state index in [2.05, 4.69) is 26.2 Å². The van der Waals surface area contributed by atoms with E-state index in [1.54, 1.807) is 12.1 Å². The number of rotatable bonds is 5. The van der Waals surface area contributed by atoms with Crippen LogP contribution >= 0.6 is 15.9 Å². The number of aromatic hydroxyl groups is 1. The number of hydrogen-bond acceptors (Lipinski definition) is 6. The van der Waals surface area contributed by atoms with Crippen LogP contribution in [0.5, 0.6) is 5.75 Å². The van der Waals surface area contributed by atoms with Gasteiger partial charge in [-0.05, 0) is 58.5 Å². The molecule has 1 aliphatic heterocycles. The zero-order valence-electron chi connectivity index (χ0n) is 15.7. The van der Waals surface area contributed by atoms with E-state index in [1.807, 2.05) is 12.2 Å². The number of halogens is 1. The zero-order valence-corrected chi connectivity index (χ0v) is 17.3. The quantitative estimate of drug-likeness (QED) is 0.511. The van der Waals surface area contributed by atoms with E-state index in [0.29, 0.717) is 10.4 Å². The largest absolute Gasteiger partial charge is 0.504 e. The second-order valence-corrected chi connectivity index (χ2v) is 8.61. The first-order chi connectivity index (χ1) is 14.4. The van der Waals surface area contributed by atoms with Gasteiger partial charge in [-0.25, -0.2) is 4.98 Å². The highest BCUT2D eigenvalue weighted by molar-refractivity contribution is 9.10. The smallest absolute Gasteiger partial charge is 0.234 e. The summed E-state index contributed by atoms with van der Waals surface area (Å²) in [7, 11) is 0. The normalized spacial score (nSPS) is 27.6. The maximum Gasteiger partial charge on any atom is 0.234 e. The van der Waals surface area contributed by atoms with E-state index in [9.17, 15) is 19.5 Å². The van der Waals surface area contributed by atoms with Gasteiger partial charge in [-0.2, -0.15) is 0 Å². The molecule has 2 N–H and O–H groups in total. The van der Waals surface area contributed by atoms with Crippen molar-refractivity contribution in [3.63, 3.8) is 0 Å². The molecule has 0 aromatic carbocycles. The lowest BCUT2D eigenvalue weighted by molar-refractivity contribution is -0.144. The predicted octanol–water partition coefficient (Wildman–Crippen LogP) is 3.02. The molecular weight excluding hydrogens is 454 g/mol. The molecule has 2 bridgehead atoms. The van der Waals surface area contributed by atoms with E-state index in [0.717, 1.165) is 6.42 Å². The number of carbonyl (C=O) groups excluding carboxylic acids is 3. The fraction of sp³-hybridized carbons (Fsp3) is 0.333. The Morgan fingerprint density at radius 1 is 1.23 bits per heavy atom. The molecule has 154 valence electrons. The number of hydrogen-bond donors (Lipinski definition) is 2. The maximum atomic E-state index is 13.2. The van der Waals surface area contributed by atoms with Crippen LogP contribution < -0.4 is 5.32 Å². The van der Waals surface area contributed by atoms with Crippen LogP contribution in [0.2, 0.25) is 0 Å². The molecule has 1 saturated heterocycles. The molecule has 1 saturated carbocycles. The third-order valence-electron chi connectivity index (χ3n) is 6.16. The van der Waals surface area contributed by atoms with E-state index < -0.39 is 11.9 Å². The van der Waals surface area contributed by atoms with Crippen LogP contribution in [-0.4, -0.2) is 32.7 Å². The summed E-state index contributed by atoms with van der Waals surface area (Å²) in [5, 5.41) is 12.4. The van der Waals surface area contributed by atoms with Crippen LogP contribution in [0.4, 0.5) is 5.82 Å². The van der Waals surface area contributed by atoms with Crippen molar-refractivity contribution in [2.45, 2.75) is 18.9 Å². The van der Waals surface area contributed by atoms with Gasteiger partial charge in [0, 0.05) is 6.20 Å². The lowest BCUT2D eigenvalue weighted by atomic mass is 9.85. The summed E-state index contributed by atoms with van der Waals surface area (Å²) in [6, 6.07) is 5.36. The van der Waals surface area contributed by atoms with Crippen molar-refractivity contribution < 1.29 is 23.9 Å². The minimum absolute atomic E-state index is 0.0139. The van der Waals surface area contributed by atoms with Gasteiger partial charge in [-0.15, -0.1) is 0 Å². The molecular formula is C21H18BrN3O5. The third kappa shape index (κ3) is 2.96. The van der Waals surface area contributed by atoms with Crippen molar-refractivity contribution in [3.05, 3.63) is 53.0 Å². The Morgan fingerprint density at radius 3 is 2.53 bits per heavy atom. The first-order valence-corrected chi connectivity index (χ1v) is 10.5. The Labute approximate surface area is 180 Å². The molecule has 2 aromatic rings. The molecule has 3 heterocycles. The highest BCUT2D eigenvalue weighted by Gasteiger charge is 2.60. The molecule has 0 radical (unpaired) electrons. The Kier molecular flexibility index (Phi) is 4.50. The average Bonchev–Trinajstić information content (AvgIpc) is 3.47. The Bertz CT molecular complexity index is 1050. The fourth-order valence-corrected chi connectivity index (χ4v) is 5.23. The molecule has 8 nitrogen and oxygen atoms in total. The lowest BCUT2D eigenvalue weighted by Crippen LogP contribution is -2.38. The van der Waals surface area contributed by atoms with Crippen molar-refractivity contribution in [1.82, 2.24) is 9.88 Å². The standard InChI is InChI=1S/C21H18BrN3O5/c22-15-6-5-14(30-15)12(9-16(27)24-19-13(26)2-1-7-23-19)25-20(28)17-10-3-4-11(8-10)18(17)21(25)29/h1-7,10-12,17-18,26H,8-9H2,(H,23,24,27). The van der Waals surface area contributed by atoms with Gasteiger partial charge in [0.25, 0.3) is 0 Å². The highest BCUT2D eigenvalue weighted by atomic mass is 79.9. The lowest BCUT2D eigenvalue weighted by Gasteiger charge is -2.26. The topological polar surface area (TPSA) is 113 Å². The highest BCUT2D eigenvalue weighted by Crippen LogP contribution is 2.54. The van der Waals surface area contributed by atoms with Crippen LogP contribution in [0.25, 0.3) is 0 Å². The second-order valence-electron chi connectivity index (χ2n) is 7.83. The van der Waals surface area contributed by atoms with E-state index >= 15 is 0 Å². The molecule has 5 unspecified atom stereocenters. The zero-order chi connectivity index (χ0) is 21.0. The van der Waals surface area contributed by atoms with Gasteiger partial charge in [0.05, 0.1) is 18.3 Å². The van der Waals surface area contributed by atoms with Crippen LogP contribution in [-0.2, 0) is 14.4 Å². The van der Waals surface area contributed by atoms with Gasteiger partial charge >= 0.3 is 0 Å². The maximum absolute atomic E-state index is 13.2. The Balaban J connectivity index is 1.43. The van der Waals surface area contributed by atoms with Crippen molar-refractivity contribution in [1.29, 1.82) is 0 Å². The molecule has 30 heavy (non-hydrogen) atoms. The van der Waals surface area contributed by atoms with Crippen molar-refractivity contribution >= 4 is 39.5 Å². The number of anilines is 1. The van der Waals surface area contributed by atoms with Crippen LogP contribution in [0.1, 0.15) is 24.6 Å². The molecule has 9 heteroatoms. The van der Waals surface area contributed by atoms with E-state index in [1.165, 1.54) is 23.2 Å². The molecule has 2 fully saturated rings. The predicted molar refractivity (Wildman–Crippen MR) is 108 cm³/mol. The number of carbonyl (C=O) groups is 3. The molecule has 2 aliphatic carbocycles. The monoisotopic (exact) mass is 471 g/mol. The van der Waals surface area contributed by atoms with E-state index in [-0.39, 0.29) is 53.5 Å². The number of likely N-dealkylation sites (tertiary alicyclic amines) is 1. The third-order valence-corrected chi connectivity index (χ3v) is 6.59. The summed E-state index contributed by atoms with van der Waals surface area (Å²) in [6.45, 7) is 0. The fourth-order valence-electron chi connectivity index (χ4n) is 4.91. The number of nitrogens with one attached hydrogen (secondary N) is 1. The van der Waals surface area contributed by atoms with Crippen LogP contribution in [0.3, 0.4) is 0 Å². The number of pyridine rings is 1. The summed E-state index contributed by atoms with van der Waals surface area (Å²) in [6.07, 6.45) is 6.10. The molecule has 3 amide bonds. The number of fused-ring (bicyclic) bond motifs is 5. The number of furan rings is 1. The van der Waals surface area contributed by atoms with Gasteiger partial charge in [-0.1, -0.05) is 12.2 Å².